The number of rotatable bonds is 5. The number of benzene rings is 2. The molecule has 0 bridgehead atoms. The highest BCUT2D eigenvalue weighted by atomic mass is 35.5. The van der Waals surface area contributed by atoms with Gasteiger partial charge in [-0.05, 0) is 36.1 Å². The molecule has 0 aliphatic carbocycles. The van der Waals surface area contributed by atoms with Gasteiger partial charge in [-0.2, -0.15) is 0 Å². The Morgan fingerprint density at radius 1 is 1.17 bits per heavy atom. The van der Waals surface area contributed by atoms with Crippen molar-refractivity contribution in [2.45, 2.75) is 18.9 Å². The summed E-state index contributed by atoms with van der Waals surface area (Å²) in [4.78, 5) is 12.7. The molecule has 0 aromatic heterocycles. The van der Waals surface area contributed by atoms with E-state index in [-0.39, 0.29) is 12.0 Å². The molecule has 3 nitrogen and oxygen atoms in total. The van der Waals surface area contributed by atoms with Crippen LogP contribution < -0.4 is 5.32 Å². The SMILES string of the molecule is O=C(NC[C@H]1CCCO1)/C(=C/c1ccccc1Cl)c1ccccc1. The van der Waals surface area contributed by atoms with Gasteiger partial charge >= 0.3 is 0 Å². The van der Waals surface area contributed by atoms with Gasteiger partial charge in [0.1, 0.15) is 0 Å². The highest BCUT2D eigenvalue weighted by Gasteiger charge is 2.18. The zero-order valence-electron chi connectivity index (χ0n) is 13.4. The number of nitrogens with one attached hydrogen (secondary N) is 1. The van der Waals surface area contributed by atoms with E-state index in [2.05, 4.69) is 5.32 Å². The largest absolute Gasteiger partial charge is 0.376 e. The maximum absolute atomic E-state index is 12.7. The van der Waals surface area contributed by atoms with Crippen LogP contribution in [-0.4, -0.2) is 25.2 Å². The molecule has 1 aliphatic heterocycles. The summed E-state index contributed by atoms with van der Waals surface area (Å²) >= 11 is 6.24. The predicted octanol–water partition coefficient (Wildman–Crippen LogP) is 4.18. The standard InChI is InChI=1S/C20H20ClNO2/c21-19-11-5-4-9-16(19)13-18(15-7-2-1-3-8-15)20(23)22-14-17-10-6-12-24-17/h1-5,7-9,11,13,17H,6,10,12,14H2,(H,22,23)/b18-13+/t17-/m1/s1. The minimum atomic E-state index is -0.114. The highest BCUT2D eigenvalue weighted by molar-refractivity contribution is 6.33. The number of amides is 1. The van der Waals surface area contributed by atoms with Gasteiger partial charge in [-0.3, -0.25) is 4.79 Å². The van der Waals surface area contributed by atoms with Crippen LogP contribution in [0.3, 0.4) is 0 Å². The van der Waals surface area contributed by atoms with Crippen molar-refractivity contribution < 1.29 is 9.53 Å². The predicted molar refractivity (Wildman–Crippen MR) is 97.7 cm³/mol. The van der Waals surface area contributed by atoms with Gasteiger partial charge in [0.15, 0.2) is 0 Å². The molecule has 2 aromatic rings. The van der Waals surface area contributed by atoms with Gasteiger partial charge in [-0.1, -0.05) is 60.1 Å². The number of ether oxygens (including phenoxy) is 1. The van der Waals surface area contributed by atoms with Crippen LogP contribution in [0, 0.1) is 0 Å². The van der Waals surface area contributed by atoms with E-state index in [9.17, 15) is 4.79 Å². The number of hydrogen-bond donors (Lipinski definition) is 1. The van der Waals surface area contributed by atoms with Gasteiger partial charge in [-0.25, -0.2) is 0 Å². The van der Waals surface area contributed by atoms with Crippen molar-refractivity contribution in [3.8, 4) is 0 Å². The lowest BCUT2D eigenvalue weighted by Gasteiger charge is -2.13. The van der Waals surface area contributed by atoms with Gasteiger partial charge in [0.05, 0.1) is 6.10 Å². The van der Waals surface area contributed by atoms with Crippen molar-refractivity contribution in [3.05, 3.63) is 70.7 Å². The van der Waals surface area contributed by atoms with E-state index in [1.807, 2.05) is 60.7 Å². The first kappa shape index (κ1) is 16.7. The summed E-state index contributed by atoms with van der Waals surface area (Å²) in [6, 6.07) is 17.1. The molecular weight excluding hydrogens is 322 g/mol. The van der Waals surface area contributed by atoms with E-state index in [0.717, 1.165) is 30.6 Å². The fourth-order valence-electron chi connectivity index (χ4n) is 2.75. The van der Waals surface area contributed by atoms with E-state index in [1.165, 1.54) is 0 Å². The van der Waals surface area contributed by atoms with Crippen molar-refractivity contribution in [2.75, 3.05) is 13.2 Å². The van der Waals surface area contributed by atoms with Crippen molar-refractivity contribution in [1.29, 1.82) is 0 Å². The van der Waals surface area contributed by atoms with Crippen molar-refractivity contribution in [1.82, 2.24) is 5.32 Å². The van der Waals surface area contributed by atoms with Gasteiger partial charge in [0.25, 0.3) is 5.91 Å². The molecule has 0 radical (unpaired) electrons. The average molecular weight is 342 g/mol. The van der Waals surface area contributed by atoms with Gasteiger partial charge in [0, 0.05) is 23.7 Å². The first-order valence-corrected chi connectivity index (χ1v) is 8.53. The Bertz CT molecular complexity index is 721. The third-order valence-electron chi connectivity index (χ3n) is 4.05. The Morgan fingerprint density at radius 2 is 1.92 bits per heavy atom. The zero-order valence-corrected chi connectivity index (χ0v) is 14.1. The molecule has 24 heavy (non-hydrogen) atoms. The van der Waals surface area contributed by atoms with Gasteiger partial charge < -0.3 is 10.1 Å². The lowest BCUT2D eigenvalue weighted by molar-refractivity contribution is -0.116. The van der Waals surface area contributed by atoms with Crippen LogP contribution >= 0.6 is 11.6 Å². The zero-order chi connectivity index (χ0) is 16.8. The van der Waals surface area contributed by atoms with Crippen molar-refractivity contribution in [3.63, 3.8) is 0 Å². The fraction of sp³-hybridized carbons (Fsp3) is 0.250. The Kier molecular flexibility index (Phi) is 5.68. The molecule has 0 unspecified atom stereocenters. The van der Waals surface area contributed by atoms with E-state index in [4.69, 9.17) is 16.3 Å². The highest BCUT2D eigenvalue weighted by Crippen LogP contribution is 2.23. The maximum Gasteiger partial charge on any atom is 0.252 e. The topological polar surface area (TPSA) is 38.3 Å². The van der Waals surface area contributed by atoms with Crippen molar-refractivity contribution in [2.24, 2.45) is 0 Å². The fourth-order valence-corrected chi connectivity index (χ4v) is 2.94. The van der Waals surface area contributed by atoms with Crippen LogP contribution in [-0.2, 0) is 9.53 Å². The monoisotopic (exact) mass is 341 g/mol. The third kappa shape index (κ3) is 4.25. The molecule has 1 amide bonds. The Labute approximate surface area is 147 Å². The summed E-state index contributed by atoms with van der Waals surface area (Å²) in [5.74, 6) is -0.114. The Balaban J connectivity index is 1.84. The average Bonchev–Trinajstić information content (AvgIpc) is 3.13. The minimum Gasteiger partial charge on any atom is -0.376 e. The molecule has 1 atom stereocenters. The first-order chi connectivity index (χ1) is 11.7. The normalized spacial score (nSPS) is 17.7. The summed E-state index contributed by atoms with van der Waals surface area (Å²) in [6.07, 6.45) is 4.01. The van der Waals surface area contributed by atoms with Crippen LogP contribution in [0.4, 0.5) is 0 Å². The molecule has 1 aliphatic rings. The summed E-state index contributed by atoms with van der Waals surface area (Å²) in [6.45, 7) is 1.31. The van der Waals surface area contributed by atoms with Crippen LogP contribution in [0.1, 0.15) is 24.0 Å². The van der Waals surface area contributed by atoms with E-state index in [1.54, 1.807) is 0 Å². The summed E-state index contributed by atoms with van der Waals surface area (Å²) < 4.78 is 5.57. The Morgan fingerprint density at radius 3 is 2.62 bits per heavy atom. The molecule has 1 fully saturated rings. The second-order valence-electron chi connectivity index (χ2n) is 5.79. The van der Waals surface area contributed by atoms with Crippen LogP contribution in [0.2, 0.25) is 5.02 Å². The van der Waals surface area contributed by atoms with E-state index < -0.39 is 0 Å². The van der Waals surface area contributed by atoms with Crippen LogP contribution in [0.15, 0.2) is 54.6 Å². The number of carbonyl (C=O) groups is 1. The number of hydrogen-bond acceptors (Lipinski definition) is 2. The number of halogens is 1. The lowest BCUT2D eigenvalue weighted by atomic mass is 10.0. The molecule has 1 heterocycles. The van der Waals surface area contributed by atoms with E-state index in [0.29, 0.717) is 17.1 Å². The maximum atomic E-state index is 12.7. The quantitative estimate of drug-likeness (QED) is 0.654. The van der Waals surface area contributed by atoms with Gasteiger partial charge in [-0.15, -0.1) is 0 Å². The van der Waals surface area contributed by atoms with E-state index >= 15 is 0 Å². The second kappa shape index (κ2) is 8.13. The smallest absolute Gasteiger partial charge is 0.252 e. The molecule has 4 heteroatoms. The summed E-state index contributed by atoms with van der Waals surface area (Å²) in [5.41, 5.74) is 2.29. The molecule has 3 rings (SSSR count). The molecule has 1 N–H and O–H groups in total. The van der Waals surface area contributed by atoms with Crippen molar-refractivity contribution >= 4 is 29.2 Å². The van der Waals surface area contributed by atoms with Crippen LogP contribution in [0.5, 0.6) is 0 Å². The molecule has 0 spiro atoms. The van der Waals surface area contributed by atoms with Gasteiger partial charge in [0.2, 0.25) is 0 Å². The summed E-state index contributed by atoms with van der Waals surface area (Å²) in [5, 5.41) is 3.61. The molecular formula is C20H20ClNO2. The lowest BCUT2D eigenvalue weighted by Crippen LogP contribution is -2.32. The number of carbonyl (C=O) groups excluding carboxylic acids is 1. The molecule has 0 saturated carbocycles. The summed E-state index contributed by atoms with van der Waals surface area (Å²) in [7, 11) is 0. The first-order valence-electron chi connectivity index (χ1n) is 8.15. The minimum absolute atomic E-state index is 0.114. The second-order valence-corrected chi connectivity index (χ2v) is 6.20. The Hall–Kier alpha value is -2.10. The molecule has 1 saturated heterocycles. The molecule has 124 valence electrons. The molecule has 2 aromatic carbocycles. The third-order valence-corrected chi connectivity index (χ3v) is 4.39. The van der Waals surface area contributed by atoms with Crippen LogP contribution in [0.25, 0.3) is 11.6 Å².